The summed E-state index contributed by atoms with van der Waals surface area (Å²) in [5, 5.41) is 7.46. The van der Waals surface area contributed by atoms with Gasteiger partial charge in [0.05, 0.1) is 0 Å². The van der Waals surface area contributed by atoms with Crippen molar-refractivity contribution in [3.8, 4) is 0 Å². The summed E-state index contributed by atoms with van der Waals surface area (Å²) >= 11 is 0. The van der Waals surface area contributed by atoms with E-state index in [4.69, 9.17) is 0 Å². The van der Waals surface area contributed by atoms with Gasteiger partial charge in [-0.25, -0.2) is 4.79 Å². The molecule has 1 saturated carbocycles. The largest absolute Gasteiger partial charge is 0.335 e. The van der Waals surface area contributed by atoms with Crippen molar-refractivity contribution in [1.29, 1.82) is 0 Å². The fourth-order valence-corrected chi connectivity index (χ4v) is 3.81. The zero-order chi connectivity index (χ0) is 19.8. The number of carbonyl (C=O) groups is 2. The molecule has 4 N–H and O–H groups in total. The summed E-state index contributed by atoms with van der Waals surface area (Å²) in [6, 6.07) is 19.6. The summed E-state index contributed by atoms with van der Waals surface area (Å²) in [6.45, 7) is 1.84. The van der Waals surface area contributed by atoms with Crippen molar-refractivity contribution in [1.82, 2.24) is 10.6 Å². The molecule has 28 heavy (non-hydrogen) atoms. The Morgan fingerprint density at radius 3 is 1.96 bits per heavy atom. The molecule has 0 aliphatic heterocycles. The van der Waals surface area contributed by atoms with Gasteiger partial charge in [0.25, 0.3) is 5.91 Å². The SMILES string of the molecule is C[C@@H]([NH2+]C(c1ccccc1)c1ccccc1)C(=O)NC(=O)NC1CCCCC1. The molecule has 0 radical (unpaired) electrons. The van der Waals surface area contributed by atoms with E-state index >= 15 is 0 Å². The lowest BCUT2D eigenvalue weighted by molar-refractivity contribution is -0.704. The van der Waals surface area contributed by atoms with Crippen LogP contribution in [0.5, 0.6) is 0 Å². The van der Waals surface area contributed by atoms with Crippen LogP contribution in [0.3, 0.4) is 0 Å². The van der Waals surface area contributed by atoms with Gasteiger partial charge in [-0.1, -0.05) is 79.9 Å². The minimum atomic E-state index is -0.400. The number of nitrogens with two attached hydrogens (primary N) is 1. The standard InChI is InChI=1S/C23H29N3O2/c1-17(22(27)26-23(28)25-20-15-9-4-10-16-20)24-21(18-11-5-2-6-12-18)19-13-7-3-8-14-19/h2-3,5-8,11-14,17,20-21,24H,4,9-10,15-16H2,1H3,(H2,25,26,27,28)/p+1/t17-/m1/s1. The van der Waals surface area contributed by atoms with Crippen molar-refractivity contribution in [3.05, 3.63) is 71.8 Å². The van der Waals surface area contributed by atoms with Crippen LogP contribution in [0.4, 0.5) is 4.79 Å². The first-order valence-electron chi connectivity index (χ1n) is 10.2. The van der Waals surface area contributed by atoms with Crippen LogP contribution < -0.4 is 16.0 Å². The van der Waals surface area contributed by atoms with Gasteiger partial charge in [0.1, 0.15) is 6.04 Å². The molecule has 0 aromatic heterocycles. The van der Waals surface area contributed by atoms with Gasteiger partial charge in [-0.3, -0.25) is 10.1 Å². The summed E-state index contributed by atoms with van der Waals surface area (Å²) in [5.74, 6) is -0.273. The van der Waals surface area contributed by atoms with Gasteiger partial charge in [0.15, 0.2) is 6.04 Å². The van der Waals surface area contributed by atoms with E-state index in [0.29, 0.717) is 0 Å². The molecule has 1 atom stereocenters. The van der Waals surface area contributed by atoms with Crippen LogP contribution in [0, 0.1) is 0 Å². The summed E-state index contributed by atoms with van der Waals surface area (Å²) < 4.78 is 0. The van der Waals surface area contributed by atoms with Crippen molar-refractivity contribution in [3.63, 3.8) is 0 Å². The highest BCUT2D eigenvalue weighted by molar-refractivity contribution is 5.96. The van der Waals surface area contributed by atoms with Crippen molar-refractivity contribution >= 4 is 11.9 Å². The number of benzene rings is 2. The summed E-state index contributed by atoms with van der Waals surface area (Å²) in [5.41, 5.74) is 2.25. The molecule has 5 nitrogen and oxygen atoms in total. The van der Waals surface area contributed by atoms with E-state index in [1.165, 1.54) is 6.42 Å². The summed E-state index contributed by atoms with van der Waals surface area (Å²) in [6.07, 6.45) is 5.49. The van der Waals surface area contributed by atoms with E-state index < -0.39 is 6.04 Å². The number of hydrogen-bond acceptors (Lipinski definition) is 2. The highest BCUT2D eigenvalue weighted by Crippen LogP contribution is 2.18. The first-order chi connectivity index (χ1) is 13.6. The number of nitrogens with one attached hydrogen (secondary N) is 2. The zero-order valence-electron chi connectivity index (χ0n) is 16.4. The van der Waals surface area contributed by atoms with Crippen molar-refractivity contribution in [2.75, 3.05) is 0 Å². The molecule has 2 aromatic rings. The van der Waals surface area contributed by atoms with Crippen LogP contribution in [-0.2, 0) is 4.79 Å². The number of rotatable bonds is 6. The van der Waals surface area contributed by atoms with Gasteiger partial charge in [-0.05, 0) is 19.8 Å². The van der Waals surface area contributed by atoms with E-state index in [2.05, 4.69) is 34.9 Å². The van der Waals surface area contributed by atoms with Gasteiger partial charge in [-0.15, -0.1) is 0 Å². The second-order valence-corrected chi connectivity index (χ2v) is 7.58. The molecular formula is C23H30N3O2+. The second kappa shape index (κ2) is 10.0. The second-order valence-electron chi connectivity index (χ2n) is 7.58. The van der Waals surface area contributed by atoms with E-state index in [1.807, 2.05) is 48.6 Å². The Morgan fingerprint density at radius 2 is 1.43 bits per heavy atom. The molecule has 3 amide bonds. The highest BCUT2D eigenvalue weighted by Gasteiger charge is 2.26. The maximum absolute atomic E-state index is 12.6. The third kappa shape index (κ3) is 5.67. The number of urea groups is 1. The minimum Gasteiger partial charge on any atom is -0.335 e. The molecule has 148 valence electrons. The molecule has 0 saturated heterocycles. The van der Waals surface area contributed by atoms with Crippen LogP contribution in [0.25, 0.3) is 0 Å². The van der Waals surface area contributed by atoms with Crippen LogP contribution >= 0.6 is 0 Å². The van der Waals surface area contributed by atoms with Crippen LogP contribution in [0.15, 0.2) is 60.7 Å². The molecule has 0 bridgehead atoms. The lowest BCUT2D eigenvalue weighted by atomic mass is 9.96. The Bertz CT molecular complexity index is 718. The third-order valence-corrected chi connectivity index (χ3v) is 5.39. The van der Waals surface area contributed by atoms with E-state index in [1.54, 1.807) is 0 Å². The minimum absolute atomic E-state index is 0.00967. The van der Waals surface area contributed by atoms with E-state index in [-0.39, 0.29) is 24.0 Å². The maximum Gasteiger partial charge on any atom is 0.321 e. The molecule has 2 aromatic carbocycles. The average Bonchev–Trinajstić information content (AvgIpc) is 2.73. The molecular weight excluding hydrogens is 350 g/mol. The van der Waals surface area contributed by atoms with E-state index in [0.717, 1.165) is 36.8 Å². The Kier molecular flexibility index (Phi) is 7.20. The fourth-order valence-electron chi connectivity index (χ4n) is 3.81. The fraction of sp³-hybridized carbons (Fsp3) is 0.391. The molecule has 1 aliphatic carbocycles. The van der Waals surface area contributed by atoms with Gasteiger partial charge in [-0.2, -0.15) is 0 Å². The number of imide groups is 1. The molecule has 0 heterocycles. The Morgan fingerprint density at radius 1 is 0.893 bits per heavy atom. The summed E-state index contributed by atoms with van der Waals surface area (Å²) in [4.78, 5) is 24.8. The highest BCUT2D eigenvalue weighted by atomic mass is 16.2. The molecule has 1 fully saturated rings. The van der Waals surface area contributed by atoms with Crippen molar-refractivity contribution < 1.29 is 14.9 Å². The smallest absolute Gasteiger partial charge is 0.321 e. The lowest BCUT2D eigenvalue weighted by Gasteiger charge is -2.23. The van der Waals surface area contributed by atoms with E-state index in [9.17, 15) is 9.59 Å². The number of amides is 3. The molecule has 1 aliphatic rings. The quantitative estimate of drug-likeness (QED) is 0.721. The molecule has 3 rings (SSSR count). The van der Waals surface area contributed by atoms with Crippen molar-refractivity contribution in [2.45, 2.75) is 57.2 Å². The van der Waals surface area contributed by atoms with Gasteiger partial charge < -0.3 is 10.6 Å². The topological polar surface area (TPSA) is 74.8 Å². The summed E-state index contributed by atoms with van der Waals surface area (Å²) in [7, 11) is 0. The number of carbonyl (C=O) groups excluding carboxylic acids is 2. The monoisotopic (exact) mass is 380 g/mol. The third-order valence-electron chi connectivity index (χ3n) is 5.39. The maximum atomic E-state index is 12.6. The Hall–Kier alpha value is -2.66. The Balaban J connectivity index is 1.62. The predicted molar refractivity (Wildman–Crippen MR) is 110 cm³/mol. The van der Waals surface area contributed by atoms with Gasteiger partial charge in [0, 0.05) is 17.2 Å². The first kappa shape index (κ1) is 20.1. The average molecular weight is 381 g/mol. The molecule has 0 spiro atoms. The van der Waals surface area contributed by atoms with Gasteiger partial charge in [0.2, 0.25) is 0 Å². The van der Waals surface area contributed by atoms with Crippen molar-refractivity contribution in [2.24, 2.45) is 0 Å². The normalized spacial score (nSPS) is 15.8. The van der Waals surface area contributed by atoms with Crippen LogP contribution in [-0.4, -0.2) is 24.0 Å². The van der Waals surface area contributed by atoms with Crippen LogP contribution in [0.2, 0.25) is 0 Å². The number of hydrogen-bond donors (Lipinski definition) is 3. The predicted octanol–water partition coefficient (Wildman–Crippen LogP) is 2.89. The van der Waals surface area contributed by atoms with Crippen LogP contribution in [0.1, 0.15) is 56.2 Å². The van der Waals surface area contributed by atoms with Gasteiger partial charge >= 0.3 is 6.03 Å². The Labute approximate surface area is 166 Å². The molecule has 5 heteroatoms. The molecule has 0 unspecified atom stereocenters. The first-order valence-corrected chi connectivity index (χ1v) is 10.2. The number of quaternary nitrogens is 1. The lowest BCUT2D eigenvalue weighted by Crippen LogP contribution is -2.93. The zero-order valence-corrected chi connectivity index (χ0v) is 16.4.